The highest BCUT2D eigenvalue weighted by Crippen LogP contribution is 2.00. The number of hydrogen-bond acceptors (Lipinski definition) is 3. The third-order valence-electron chi connectivity index (χ3n) is 1.45. The molecule has 0 aromatic rings. The van der Waals surface area contributed by atoms with Crippen LogP contribution in [0.5, 0.6) is 0 Å². The zero-order valence-electron chi connectivity index (χ0n) is 6.34. The zero-order chi connectivity index (χ0) is 7.98. The first-order valence-corrected chi connectivity index (χ1v) is 3.58. The Kier molecular flexibility index (Phi) is 4.98. The molecule has 60 valence electrons. The van der Waals surface area contributed by atoms with E-state index < -0.39 is 0 Å². The summed E-state index contributed by atoms with van der Waals surface area (Å²) in [6.07, 6.45) is 2.95. The van der Waals surface area contributed by atoms with Gasteiger partial charge in [0.05, 0.1) is 0 Å². The van der Waals surface area contributed by atoms with Crippen molar-refractivity contribution < 1.29 is 0 Å². The van der Waals surface area contributed by atoms with Crippen molar-refractivity contribution in [1.82, 2.24) is 0 Å². The summed E-state index contributed by atoms with van der Waals surface area (Å²) >= 11 is 0. The summed E-state index contributed by atoms with van der Waals surface area (Å²) in [4.78, 5) is 0. The Bertz CT molecular complexity index is 101. The third-order valence-corrected chi connectivity index (χ3v) is 1.45. The van der Waals surface area contributed by atoms with Crippen LogP contribution in [0.2, 0.25) is 0 Å². The summed E-state index contributed by atoms with van der Waals surface area (Å²) in [5.41, 5.74) is 16.8. The van der Waals surface area contributed by atoms with Gasteiger partial charge in [-0.25, -0.2) is 0 Å². The molecule has 1 atom stereocenters. The first-order valence-electron chi connectivity index (χ1n) is 3.58. The maximum Gasteiger partial charge on any atom is 0.0436 e. The molecule has 0 aliphatic rings. The molecule has 0 bridgehead atoms. The molecule has 0 saturated carbocycles. The second-order valence-electron chi connectivity index (χ2n) is 2.47. The van der Waals surface area contributed by atoms with Gasteiger partial charge in [-0.2, -0.15) is 0 Å². The quantitative estimate of drug-likeness (QED) is 0.471. The fourth-order valence-corrected chi connectivity index (χ4v) is 0.694. The maximum absolute atomic E-state index is 5.59. The molecule has 10 heavy (non-hydrogen) atoms. The van der Waals surface area contributed by atoms with Gasteiger partial charge in [-0.05, 0) is 19.4 Å². The zero-order valence-corrected chi connectivity index (χ0v) is 6.34. The Morgan fingerprint density at radius 3 is 2.40 bits per heavy atom. The fraction of sp³-hybridized carbons (Fsp3) is 0.714. The average molecular weight is 143 g/mol. The lowest BCUT2D eigenvalue weighted by molar-refractivity contribution is 0.615. The van der Waals surface area contributed by atoms with Crippen molar-refractivity contribution in [1.29, 1.82) is 0 Å². The third kappa shape index (κ3) is 4.35. The number of unbranched alkanes of at least 4 members (excludes halogenated alkanes) is 1. The van der Waals surface area contributed by atoms with E-state index in [4.69, 9.17) is 17.2 Å². The molecule has 0 aliphatic carbocycles. The second-order valence-corrected chi connectivity index (χ2v) is 2.47. The van der Waals surface area contributed by atoms with E-state index in [9.17, 15) is 0 Å². The van der Waals surface area contributed by atoms with Crippen molar-refractivity contribution in [2.24, 2.45) is 17.2 Å². The van der Waals surface area contributed by atoms with Crippen molar-refractivity contribution in [3.05, 3.63) is 12.3 Å². The lowest BCUT2D eigenvalue weighted by atomic mass is 10.1. The molecule has 3 heteroatoms. The van der Waals surface area contributed by atoms with E-state index in [1.165, 1.54) is 0 Å². The molecule has 0 rings (SSSR count). The van der Waals surface area contributed by atoms with Gasteiger partial charge in [0.1, 0.15) is 0 Å². The SMILES string of the molecule is C=C(N)C(N)CCCCN. The topological polar surface area (TPSA) is 78.1 Å². The summed E-state index contributed by atoms with van der Waals surface area (Å²) in [7, 11) is 0. The first-order chi connectivity index (χ1) is 4.68. The molecular formula is C7H17N3. The lowest BCUT2D eigenvalue weighted by Crippen LogP contribution is -2.26. The van der Waals surface area contributed by atoms with Gasteiger partial charge in [-0.3, -0.25) is 0 Å². The molecule has 0 heterocycles. The normalized spacial score (nSPS) is 13.0. The molecule has 0 spiro atoms. The summed E-state index contributed by atoms with van der Waals surface area (Å²) in [5, 5.41) is 0. The van der Waals surface area contributed by atoms with Gasteiger partial charge in [-0.1, -0.05) is 13.0 Å². The van der Waals surface area contributed by atoms with Gasteiger partial charge >= 0.3 is 0 Å². The van der Waals surface area contributed by atoms with Gasteiger partial charge < -0.3 is 17.2 Å². The second kappa shape index (κ2) is 5.26. The van der Waals surface area contributed by atoms with Crippen molar-refractivity contribution in [3.63, 3.8) is 0 Å². The molecule has 0 saturated heterocycles. The molecule has 0 amide bonds. The minimum atomic E-state index is -0.0495. The van der Waals surface area contributed by atoms with Gasteiger partial charge in [0, 0.05) is 11.7 Å². The average Bonchev–Trinajstić information content (AvgIpc) is 1.88. The van der Waals surface area contributed by atoms with Crippen molar-refractivity contribution >= 4 is 0 Å². The summed E-state index contributed by atoms with van der Waals surface area (Å²) in [5.74, 6) is 0. The predicted octanol–water partition coefficient (Wildman–Crippen LogP) is -0.0849. The van der Waals surface area contributed by atoms with Crippen LogP contribution in [-0.2, 0) is 0 Å². The van der Waals surface area contributed by atoms with Crippen LogP contribution in [0.1, 0.15) is 19.3 Å². The predicted molar refractivity (Wildman–Crippen MR) is 44.2 cm³/mol. The van der Waals surface area contributed by atoms with E-state index in [2.05, 4.69) is 6.58 Å². The highest BCUT2D eigenvalue weighted by Gasteiger charge is 2.01. The molecule has 0 aromatic carbocycles. The molecule has 0 radical (unpaired) electrons. The molecule has 1 unspecified atom stereocenters. The first kappa shape index (κ1) is 9.46. The van der Waals surface area contributed by atoms with Crippen LogP contribution in [0, 0.1) is 0 Å². The van der Waals surface area contributed by atoms with Crippen LogP contribution >= 0.6 is 0 Å². The van der Waals surface area contributed by atoms with Crippen LogP contribution in [0.15, 0.2) is 12.3 Å². The van der Waals surface area contributed by atoms with Gasteiger partial charge in [0.15, 0.2) is 0 Å². The van der Waals surface area contributed by atoms with Gasteiger partial charge in [0.2, 0.25) is 0 Å². The van der Waals surface area contributed by atoms with Crippen molar-refractivity contribution in [2.45, 2.75) is 25.3 Å². The van der Waals surface area contributed by atoms with E-state index in [1.54, 1.807) is 0 Å². The van der Waals surface area contributed by atoms with Crippen molar-refractivity contribution in [2.75, 3.05) is 6.54 Å². The Morgan fingerprint density at radius 2 is 2.00 bits per heavy atom. The standard InChI is InChI=1S/C7H17N3/c1-6(9)7(10)4-2-3-5-8/h7H,1-5,8-10H2. The van der Waals surface area contributed by atoms with Gasteiger partial charge in [-0.15, -0.1) is 0 Å². The number of hydrogen-bond donors (Lipinski definition) is 3. The van der Waals surface area contributed by atoms with Crippen molar-refractivity contribution in [3.8, 4) is 0 Å². The minimum Gasteiger partial charge on any atom is -0.401 e. The highest BCUT2D eigenvalue weighted by molar-refractivity contribution is 4.97. The van der Waals surface area contributed by atoms with E-state index in [-0.39, 0.29) is 6.04 Å². The fourth-order valence-electron chi connectivity index (χ4n) is 0.694. The lowest BCUT2D eigenvalue weighted by Gasteiger charge is -2.09. The van der Waals surface area contributed by atoms with E-state index >= 15 is 0 Å². The minimum absolute atomic E-state index is 0.0495. The van der Waals surface area contributed by atoms with E-state index in [0.29, 0.717) is 5.70 Å². The largest absolute Gasteiger partial charge is 0.401 e. The van der Waals surface area contributed by atoms with Crippen LogP contribution < -0.4 is 17.2 Å². The molecule has 0 fully saturated rings. The van der Waals surface area contributed by atoms with Crippen LogP contribution in [0.3, 0.4) is 0 Å². The molecule has 3 nitrogen and oxygen atoms in total. The Balaban J connectivity index is 3.21. The van der Waals surface area contributed by atoms with Crippen LogP contribution in [0.25, 0.3) is 0 Å². The summed E-state index contributed by atoms with van der Waals surface area (Å²) in [6, 6.07) is -0.0495. The van der Waals surface area contributed by atoms with Crippen LogP contribution in [-0.4, -0.2) is 12.6 Å². The molecular weight excluding hydrogens is 126 g/mol. The Hall–Kier alpha value is -0.540. The summed E-state index contributed by atoms with van der Waals surface area (Å²) in [6.45, 7) is 4.28. The molecule has 6 N–H and O–H groups in total. The Labute approximate surface area is 62.3 Å². The Morgan fingerprint density at radius 1 is 1.40 bits per heavy atom. The maximum atomic E-state index is 5.59. The van der Waals surface area contributed by atoms with E-state index in [1.807, 2.05) is 0 Å². The molecule has 0 aliphatic heterocycles. The van der Waals surface area contributed by atoms with Crippen LogP contribution in [0.4, 0.5) is 0 Å². The smallest absolute Gasteiger partial charge is 0.0436 e. The number of rotatable bonds is 5. The monoisotopic (exact) mass is 143 g/mol. The van der Waals surface area contributed by atoms with E-state index in [0.717, 1.165) is 25.8 Å². The molecule has 0 aromatic heterocycles. The summed E-state index contributed by atoms with van der Waals surface area (Å²) < 4.78 is 0. The van der Waals surface area contributed by atoms with Gasteiger partial charge in [0.25, 0.3) is 0 Å². The highest BCUT2D eigenvalue weighted by atomic mass is 14.7. The number of nitrogens with two attached hydrogens (primary N) is 3.